The van der Waals surface area contributed by atoms with Gasteiger partial charge in [0.25, 0.3) is 11.5 Å². The van der Waals surface area contributed by atoms with Crippen LogP contribution in [0.5, 0.6) is 5.75 Å². The molecule has 1 heterocycles. The van der Waals surface area contributed by atoms with E-state index < -0.39 is 24.1 Å². The van der Waals surface area contributed by atoms with Gasteiger partial charge in [-0.05, 0) is 45.0 Å². The molecule has 0 aliphatic carbocycles. The summed E-state index contributed by atoms with van der Waals surface area (Å²) in [4.78, 5) is 37.8. The van der Waals surface area contributed by atoms with E-state index in [-0.39, 0.29) is 11.2 Å². The molecular weight excluding hydrogens is 398 g/mol. The van der Waals surface area contributed by atoms with Gasteiger partial charge in [-0.2, -0.15) is 0 Å². The number of aromatic nitrogens is 2. The van der Waals surface area contributed by atoms with Crippen LogP contribution in [0.15, 0.2) is 65.5 Å². The zero-order valence-corrected chi connectivity index (χ0v) is 17.9. The van der Waals surface area contributed by atoms with Crippen molar-refractivity contribution >= 4 is 17.6 Å². The van der Waals surface area contributed by atoms with Crippen LogP contribution in [0.4, 0.5) is 5.69 Å². The highest BCUT2D eigenvalue weighted by atomic mass is 16.6. The lowest BCUT2D eigenvalue weighted by molar-refractivity contribution is -0.159. The van der Waals surface area contributed by atoms with Crippen LogP contribution in [0.3, 0.4) is 0 Å². The van der Waals surface area contributed by atoms with E-state index >= 15 is 0 Å². The van der Waals surface area contributed by atoms with Gasteiger partial charge in [0, 0.05) is 7.05 Å². The molecule has 162 valence electrons. The molecule has 1 amide bonds. The maximum Gasteiger partial charge on any atom is 0.347 e. The van der Waals surface area contributed by atoms with Gasteiger partial charge in [0.2, 0.25) is 0 Å². The number of amides is 1. The van der Waals surface area contributed by atoms with Gasteiger partial charge >= 0.3 is 5.97 Å². The molecule has 31 heavy (non-hydrogen) atoms. The summed E-state index contributed by atoms with van der Waals surface area (Å²) < 4.78 is 13.9. The number of esters is 1. The van der Waals surface area contributed by atoms with Crippen molar-refractivity contribution in [2.75, 3.05) is 5.32 Å². The molecule has 0 unspecified atom stereocenters. The smallest absolute Gasteiger partial charge is 0.347 e. The summed E-state index contributed by atoms with van der Waals surface area (Å²) in [5.74, 6) is -0.769. The summed E-state index contributed by atoms with van der Waals surface area (Å²) in [6.45, 7) is 4.71. The van der Waals surface area contributed by atoms with Crippen LogP contribution in [0.25, 0.3) is 5.69 Å². The number of ether oxygens (including phenoxy) is 2. The molecule has 0 saturated carbocycles. The number of benzene rings is 2. The first kappa shape index (κ1) is 21.9. The minimum atomic E-state index is -1.11. The number of carbonyl (C=O) groups is 2. The van der Waals surface area contributed by atoms with Crippen LogP contribution < -0.4 is 15.6 Å². The summed E-state index contributed by atoms with van der Waals surface area (Å²) >= 11 is 0. The van der Waals surface area contributed by atoms with E-state index in [1.807, 2.05) is 24.3 Å². The second-order valence-corrected chi connectivity index (χ2v) is 7.08. The summed E-state index contributed by atoms with van der Waals surface area (Å²) in [6.07, 6.45) is -2.01. The Hall–Kier alpha value is -3.81. The lowest BCUT2D eigenvalue weighted by Crippen LogP contribution is -2.36. The van der Waals surface area contributed by atoms with Crippen LogP contribution in [0.2, 0.25) is 0 Å². The van der Waals surface area contributed by atoms with Crippen LogP contribution in [-0.2, 0) is 21.4 Å². The van der Waals surface area contributed by atoms with Crippen molar-refractivity contribution in [3.8, 4) is 11.4 Å². The highest BCUT2D eigenvalue weighted by Crippen LogP contribution is 2.15. The fourth-order valence-corrected chi connectivity index (χ4v) is 3.01. The summed E-state index contributed by atoms with van der Waals surface area (Å²) in [5, 5.41) is 2.59. The Bertz CT molecular complexity index is 1120. The number of para-hydroxylation sites is 2. The molecule has 2 atom stereocenters. The van der Waals surface area contributed by atoms with E-state index in [2.05, 4.69) is 5.32 Å². The van der Waals surface area contributed by atoms with Crippen molar-refractivity contribution in [2.45, 2.75) is 33.0 Å². The average Bonchev–Trinajstić information content (AvgIpc) is 2.98. The summed E-state index contributed by atoms with van der Waals surface area (Å²) in [6, 6.07) is 17.9. The predicted molar refractivity (Wildman–Crippen MR) is 116 cm³/mol. The molecule has 1 N–H and O–H groups in total. The fourth-order valence-electron chi connectivity index (χ4n) is 3.01. The Balaban J connectivity index is 1.69. The molecule has 0 bridgehead atoms. The maximum absolute atomic E-state index is 12.9. The first-order valence-corrected chi connectivity index (χ1v) is 9.86. The number of carbonyl (C=O) groups excluding carboxylic acids is 2. The normalized spacial score (nSPS) is 12.6. The lowest BCUT2D eigenvalue weighted by Gasteiger charge is -2.17. The highest BCUT2D eigenvalue weighted by molar-refractivity contribution is 5.95. The number of anilines is 1. The fraction of sp³-hybridized carbons (Fsp3) is 0.261. The monoisotopic (exact) mass is 423 g/mol. The Morgan fingerprint density at radius 1 is 0.935 bits per heavy atom. The quantitative estimate of drug-likeness (QED) is 0.590. The second-order valence-electron chi connectivity index (χ2n) is 7.08. The van der Waals surface area contributed by atoms with Crippen molar-refractivity contribution < 1.29 is 19.1 Å². The first-order valence-electron chi connectivity index (χ1n) is 9.86. The largest absolute Gasteiger partial charge is 0.479 e. The van der Waals surface area contributed by atoms with Gasteiger partial charge in [-0.1, -0.05) is 36.4 Å². The van der Waals surface area contributed by atoms with Gasteiger partial charge < -0.3 is 14.8 Å². The van der Waals surface area contributed by atoms with Gasteiger partial charge in [-0.25, -0.2) is 9.48 Å². The van der Waals surface area contributed by atoms with E-state index in [0.29, 0.717) is 17.1 Å². The molecule has 2 aromatic carbocycles. The standard InChI is InChI=1S/C23H25N3O5/c1-15-20(22(28)26(25(15)4)18-11-7-5-8-12-18)24-21(27)16(2)31-23(29)17(3)30-19-13-9-6-10-14-19/h5-14,16-17H,1-4H3,(H,24,27)/t16-,17+/m1/s1. The molecule has 0 saturated heterocycles. The van der Waals surface area contributed by atoms with Gasteiger partial charge in [0.15, 0.2) is 12.2 Å². The van der Waals surface area contributed by atoms with Crippen LogP contribution >= 0.6 is 0 Å². The molecule has 0 radical (unpaired) electrons. The lowest BCUT2D eigenvalue weighted by atomic mass is 10.3. The van der Waals surface area contributed by atoms with E-state index in [4.69, 9.17) is 9.47 Å². The molecule has 3 rings (SSSR count). The summed E-state index contributed by atoms with van der Waals surface area (Å²) in [7, 11) is 1.73. The molecule has 0 fully saturated rings. The minimum Gasteiger partial charge on any atom is -0.479 e. The second kappa shape index (κ2) is 9.34. The number of rotatable bonds is 7. The molecule has 0 aliphatic rings. The van der Waals surface area contributed by atoms with Crippen molar-refractivity contribution in [3.05, 3.63) is 76.7 Å². The summed E-state index contributed by atoms with van der Waals surface area (Å²) in [5.41, 5.74) is 0.998. The molecule has 0 spiro atoms. The third kappa shape index (κ3) is 4.85. The van der Waals surface area contributed by atoms with Crippen molar-refractivity contribution in [1.29, 1.82) is 0 Å². The zero-order chi connectivity index (χ0) is 22.5. The topological polar surface area (TPSA) is 91.6 Å². The van der Waals surface area contributed by atoms with Gasteiger partial charge in [-0.15, -0.1) is 0 Å². The van der Waals surface area contributed by atoms with E-state index in [0.717, 1.165) is 0 Å². The molecule has 1 aromatic heterocycles. The van der Waals surface area contributed by atoms with Gasteiger partial charge in [-0.3, -0.25) is 14.3 Å². The zero-order valence-electron chi connectivity index (χ0n) is 17.9. The van der Waals surface area contributed by atoms with E-state index in [1.165, 1.54) is 11.6 Å². The van der Waals surface area contributed by atoms with E-state index in [9.17, 15) is 14.4 Å². The Morgan fingerprint density at radius 2 is 1.52 bits per heavy atom. The molecule has 0 aliphatic heterocycles. The molecule has 3 aromatic rings. The van der Waals surface area contributed by atoms with Gasteiger partial charge in [0.05, 0.1) is 11.4 Å². The molecule has 8 heteroatoms. The average molecular weight is 423 g/mol. The SMILES string of the molecule is Cc1c(NC(=O)[C@@H](C)OC(=O)[C@H](C)Oc2ccccc2)c(=O)n(-c2ccccc2)n1C. The molecular formula is C23H25N3O5. The molecule has 8 nitrogen and oxygen atoms in total. The number of hydrogen-bond acceptors (Lipinski definition) is 5. The highest BCUT2D eigenvalue weighted by Gasteiger charge is 2.25. The Kier molecular flexibility index (Phi) is 6.59. The number of nitrogens with one attached hydrogen (secondary N) is 1. The van der Waals surface area contributed by atoms with Crippen LogP contribution in [-0.4, -0.2) is 33.4 Å². The number of nitrogens with zero attached hydrogens (tertiary/aromatic N) is 2. The third-order valence-corrected chi connectivity index (χ3v) is 4.85. The van der Waals surface area contributed by atoms with Gasteiger partial charge in [0.1, 0.15) is 11.4 Å². The Labute approximate surface area is 180 Å². The van der Waals surface area contributed by atoms with Crippen LogP contribution in [0, 0.1) is 6.92 Å². The van der Waals surface area contributed by atoms with Crippen LogP contribution in [0.1, 0.15) is 19.5 Å². The minimum absolute atomic E-state index is 0.132. The van der Waals surface area contributed by atoms with Crippen molar-refractivity contribution in [2.24, 2.45) is 7.05 Å². The number of hydrogen-bond donors (Lipinski definition) is 1. The maximum atomic E-state index is 12.9. The van der Waals surface area contributed by atoms with Crippen molar-refractivity contribution in [3.63, 3.8) is 0 Å². The predicted octanol–water partition coefficient (Wildman–Crippen LogP) is 2.82. The van der Waals surface area contributed by atoms with Crippen molar-refractivity contribution in [1.82, 2.24) is 9.36 Å². The van der Waals surface area contributed by atoms with E-state index in [1.54, 1.807) is 62.0 Å². The Morgan fingerprint density at radius 3 is 2.13 bits per heavy atom. The first-order chi connectivity index (χ1) is 14.8. The third-order valence-electron chi connectivity index (χ3n) is 4.85.